The maximum atomic E-state index is 11.8. The minimum atomic E-state index is -3.27. The third kappa shape index (κ3) is 3.80. The number of carboxylic acid groups (broad SMARTS) is 1. The molecular formula is C16H22NO4S-. The summed E-state index contributed by atoms with van der Waals surface area (Å²) in [6, 6.07) is 5.98. The van der Waals surface area contributed by atoms with Crippen LogP contribution in [0.25, 0.3) is 0 Å². The summed E-state index contributed by atoms with van der Waals surface area (Å²) in [6.07, 6.45) is 4.70. The average molecular weight is 324 g/mol. The van der Waals surface area contributed by atoms with Gasteiger partial charge in [0, 0.05) is 11.7 Å². The van der Waals surface area contributed by atoms with Crippen molar-refractivity contribution in [2.75, 3.05) is 10.7 Å². The highest BCUT2D eigenvalue weighted by atomic mass is 32.2. The van der Waals surface area contributed by atoms with Gasteiger partial charge in [-0.3, -0.25) is 0 Å². The van der Waals surface area contributed by atoms with Crippen molar-refractivity contribution in [2.45, 2.75) is 56.4 Å². The molecule has 1 aromatic rings. The Labute approximate surface area is 131 Å². The van der Waals surface area contributed by atoms with E-state index in [4.69, 9.17) is 0 Å². The van der Waals surface area contributed by atoms with E-state index in [0.717, 1.165) is 38.5 Å². The van der Waals surface area contributed by atoms with Gasteiger partial charge in [-0.05, 0) is 37.1 Å². The number of carbonyl (C=O) groups excluding carboxylic acids is 1. The lowest BCUT2D eigenvalue weighted by molar-refractivity contribution is -0.247. The average Bonchev–Trinajstić information content (AvgIpc) is 2.77. The van der Waals surface area contributed by atoms with Gasteiger partial charge in [0.25, 0.3) is 0 Å². The summed E-state index contributed by atoms with van der Waals surface area (Å²) in [4.78, 5) is 13.1. The molecule has 0 aliphatic heterocycles. The summed E-state index contributed by atoms with van der Waals surface area (Å²) in [7, 11) is -3.27. The van der Waals surface area contributed by atoms with Crippen LogP contribution in [0.3, 0.4) is 0 Å². The molecule has 1 fully saturated rings. The van der Waals surface area contributed by atoms with E-state index >= 15 is 0 Å². The van der Waals surface area contributed by atoms with Crippen molar-refractivity contribution in [3.05, 3.63) is 24.3 Å². The fourth-order valence-corrected chi connectivity index (χ4v) is 3.85. The van der Waals surface area contributed by atoms with Crippen molar-refractivity contribution >= 4 is 21.6 Å². The van der Waals surface area contributed by atoms with E-state index < -0.39 is 15.9 Å². The zero-order valence-corrected chi connectivity index (χ0v) is 13.6. The van der Waals surface area contributed by atoms with Gasteiger partial charge in [0.2, 0.25) is 0 Å². The molecule has 2 rings (SSSR count). The first-order valence-corrected chi connectivity index (χ1v) is 9.44. The number of carbonyl (C=O) groups is 1. The third-order valence-electron chi connectivity index (χ3n) is 4.24. The molecule has 0 unspecified atom stereocenters. The maximum absolute atomic E-state index is 11.8. The second kappa shape index (κ2) is 7.13. The van der Waals surface area contributed by atoms with Crippen LogP contribution in [0.15, 0.2) is 29.2 Å². The lowest BCUT2D eigenvalue weighted by atomic mass is 10.1. The number of amides is 1. The minimum absolute atomic E-state index is 0.0270. The molecule has 0 radical (unpaired) electrons. The molecule has 1 amide bonds. The number of nitrogens with zero attached hydrogens (tertiary/aromatic N) is 1. The van der Waals surface area contributed by atoms with Crippen LogP contribution >= 0.6 is 0 Å². The minimum Gasteiger partial charge on any atom is -0.530 e. The quantitative estimate of drug-likeness (QED) is 0.797. The standard InChI is InChI=1S/C16H23NO4S/c1-2-22(20,21)15-11-9-14(10-12-15)17(16(18)19)13-7-5-3-4-6-8-13/h9-13H,2-8H2,1H3,(H,18,19)/p-1. The highest BCUT2D eigenvalue weighted by Crippen LogP contribution is 2.27. The molecule has 5 nitrogen and oxygen atoms in total. The van der Waals surface area contributed by atoms with Crippen LogP contribution in [0.4, 0.5) is 10.5 Å². The van der Waals surface area contributed by atoms with Gasteiger partial charge in [0.05, 0.1) is 10.6 Å². The first kappa shape index (κ1) is 16.8. The van der Waals surface area contributed by atoms with Gasteiger partial charge in [0.1, 0.15) is 6.09 Å². The first-order valence-electron chi connectivity index (χ1n) is 7.78. The van der Waals surface area contributed by atoms with Crippen molar-refractivity contribution < 1.29 is 18.3 Å². The second-order valence-corrected chi connectivity index (χ2v) is 7.96. The molecule has 1 aliphatic carbocycles. The molecule has 22 heavy (non-hydrogen) atoms. The Bertz CT molecular complexity index is 602. The van der Waals surface area contributed by atoms with Gasteiger partial charge >= 0.3 is 0 Å². The van der Waals surface area contributed by atoms with Crippen molar-refractivity contribution in [2.24, 2.45) is 0 Å². The largest absolute Gasteiger partial charge is 0.530 e. The third-order valence-corrected chi connectivity index (χ3v) is 5.99. The van der Waals surface area contributed by atoms with Gasteiger partial charge in [-0.2, -0.15) is 0 Å². The van der Waals surface area contributed by atoms with Gasteiger partial charge < -0.3 is 14.8 Å². The summed E-state index contributed by atoms with van der Waals surface area (Å²) < 4.78 is 23.6. The first-order chi connectivity index (χ1) is 10.5. The van der Waals surface area contributed by atoms with Crippen LogP contribution in [-0.4, -0.2) is 26.3 Å². The summed E-state index contributed by atoms with van der Waals surface area (Å²) in [6.45, 7) is 1.59. The molecule has 0 heterocycles. The van der Waals surface area contributed by atoms with Crippen molar-refractivity contribution in [3.8, 4) is 0 Å². The molecule has 6 heteroatoms. The summed E-state index contributed by atoms with van der Waals surface area (Å²) in [5.74, 6) is 0.0270. The fraction of sp³-hybridized carbons (Fsp3) is 0.562. The smallest absolute Gasteiger partial charge is 0.178 e. The van der Waals surface area contributed by atoms with Crippen LogP contribution in [0.1, 0.15) is 45.4 Å². The van der Waals surface area contributed by atoms with E-state index in [1.165, 1.54) is 17.0 Å². The molecule has 1 aromatic carbocycles. The van der Waals surface area contributed by atoms with Gasteiger partial charge in [-0.1, -0.05) is 32.6 Å². The molecule has 0 aromatic heterocycles. The second-order valence-electron chi connectivity index (χ2n) is 5.68. The van der Waals surface area contributed by atoms with Gasteiger partial charge in [-0.25, -0.2) is 8.42 Å². The van der Waals surface area contributed by atoms with E-state index in [1.54, 1.807) is 19.1 Å². The number of sulfone groups is 1. The van der Waals surface area contributed by atoms with Crippen LogP contribution < -0.4 is 10.0 Å². The monoisotopic (exact) mass is 324 g/mol. The molecule has 0 atom stereocenters. The van der Waals surface area contributed by atoms with E-state index in [-0.39, 0.29) is 16.7 Å². The number of benzene rings is 1. The Morgan fingerprint density at radius 2 is 1.68 bits per heavy atom. The summed E-state index contributed by atoms with van der Waals surface area (Å²) >= 11 is 0. The van der Waals surface area contributed by atoms with Crippen molar-refractivity contribution in [1.29, 1.82) is 0 Å². The Balaban J connectivity index is 2.27. The topological polar surface area (TPSA) is 77.5 Å². The zero-order chi connectivity index (χ0) is 16.2. The van der Waals surface area contributed by atoms with E-state index in [2.05, 4.69) is 0 Å². The Hall–Kier alpha value is -1.56. The summed E-state index contributed by atoms with van der Waals surface area (Å²) in [5, 5.41) is 11.5. The van der Waals surface area contributed by atoms with Crippen LogP contribution in [0.5, 0.6) is 0 Å². The molecule has 1 saturated carbocycles. The number of hydrogen-bond donors (Lipinski definition) is 0. The van der Waals surface area contributed by atoms with Crippen LogP contribution in [0, 0.1) is 0 Å². The Morgan fingerprint density at radius 3 is 2.14 bits per heavy atom. The predicted molar refractivity (Wildman–Crippen MR) is 83.5 cm³/mol. The van der Waals surface area contributed by atoms with E-state index in [9.17, 15) is 18.3 Å². The van der Waals surface area contributed by atoms with Gasteiger partial charge in [-0.15, -0.1) is 0 Å². The highest BCUT2D eigenvalue weighted by molar-refractivity contribution is 7.91. The molecule has 0 saturated heterocycles. The van der Waals surface area contributed by atoms with Gasteiger partial charge in [0.15, 0.2) is 9.84 Å². The van der Waals surface area contributed by atoms with E-state index in [0.29, 0.717) is 5.69 Å². The predicted octanol–water partition coefficient (Wildman–Crippen LogP) is 2.35. The fourth-order valence-electron chi connectivity index (χ4n) is 2.96. The number of rotatable bonds is 4. The molecular weight excluding hydrogens is 302 g/mol. The Morgan fingerprint density at radius 1 is 1.14 bits per heavy atom. The highest BCUT2D eigenvalue weighted by Gasteiger charge is 2.22. The summed E-state index contributed by atoms with van der Waals surface area (Å²) in [5.41, 5.74) is 0.488. The van der Waals surface area contributed by atoms with Crippen LogP contribution in [-0.2, 0) is 9.84 Å². The lowest BCUT2D eigenvalue weighted by Crippen LogP contribution is -2.47. The molecule has 0 spiro atoms. The number of hydrogen-bond acceptors (Lipinski definition) is 4. The van der Waals surface area contributed by atoms with Crippen molar-refractivity contribution in [1.82, 2.24) is 0 Å². The lowest BCUT2D eigenvalue weighted by Gasteiger charge is -2.33. The number of anilines is 1. The Kier molecular flexibility index (Phi) is 5.45. The molecule has 122 valence electrons. The molecule has 0 bridgehead atoms. The molecule has 1 aliphatic rings. The SMILES string of the molecule is CCS(=O)(=O)c1ccc(N(C(=O)[O-])C2CCCCCC2)cc1. The maximum Gasteiger partial charge on any atom is 0.178 e. The normalized spacial score (nSPS) is 17.0. The van der Waals surface area contributed by atoms with Crippen LogP contribution in [0.2, 0.25) is 0 Å². The van der Waals surface area contributed by atoms with Crippen molar-refractivity contribution in [3.63, 3.8) is 0 Å². The zero-order valence-electron chi connectivity index (χ0n) is 12.8. The molecule has 0 N–H and O–H groups in total. The van der Waals surface area contributed by atoms with E-state index in [1.807, 2.05) is 0 Å².